The van der Waals surface area contributed by atoms with E-state index in [0.29, 0.717) is 0 Å². The molecule has 94 valence electrons. The van der Waals surface area contributed by atoms with Crippen LogP contribution in [0.15, 0.2) is 6.07 Å². The van der Waals surface area contributed by atoms with Gasteiger partial charge in [0.25, 0.3) is 0 Å². The van der Waals surface area contributed by atoms with Crippen LogP contribution in [0.4, 0.5) is 11.6 Å². The van der Waals surface area contributed by atoms with Crippen LogP contribution < -0.4 is 10.2 Å². The summed E-state index contributed by atoms with van der Waals surface area (Å²) in [4.78, 5) is 11.3. The molecule has 0 bridgehead atoms. The first-order valence-electron chi connectivity index (χ1n) is 6.37. The fourth-order valence-corrected chi connectivity index (χ4v) is 2.69. The normalized spacial score (nSPS) is 24.8. The van der Waals surface area contributed by atoms with Crippen molar-refractivity contribution in [1.29, 1.82) is 0 Å². The van der Waals surface area contributed by atoms with Gasteiger partial charge in [0.2, 0.25) is 0 Å². The summed E-state index contributed by atoms with van der Waals surface area (Å²) in [6, 6.07) is 2.04. The Balaban J connectivity index is 2.23. The molecule has 17 heavy (non-hydrogen) atoms. The van der Waals surface area contributed by atoms with E-state index in [1.54, 1.807) is 0 Å². The van der Waals surface area contributed by atoms with Crippen LogP contribution in [0.3, 0.4) is 0 Å². The number of hydrogen-bond donors (Lipinski definition) is 1. The predicted octanol–water partition coefficient (Wildman–Crippen LogP) is 2.31. The molecule has 4 heteroatoms. The molecule has 0 aliphatic carbocycles. The van der Waals surface area contributed by atoms with Crippen molar-refractivity contribution in [2.24, 2.45) is 11.8 Å². The Hall–Kier alpha value is -1.32. The molecule has 2 rings (SSSR count). The van der Waals surface area contributed by atoms with E-state index in [9.17, 15) is 0 Å². The van der Waals surface area contributed by atoms with Gasteiger partial charge >= 0.3 is 0 Å². The minimum atomic E-state index is 0.743. The molecule has 1 aromatic rings. The molecule has 2 heterocycles. The number of rotatable bonds is 2. The Bertz CT molecular complexity index is 381. The molecule has 0 amide bonds. The Morgan fingerprint density at radius 2 is 1.88 bits per heavy atom. The second-order valence-electron chi connectivity index (χ2n) is 5.26. The number of nitrogens with zero attached hydrogens (tertiary/aromatic N) is 3. The van der Waals surface area contributed by atoms with E-state index in [4.69, 9.17) is 0 Å². The van der Waals surface area contributed by atoms with Gasteiger partial charge in [0, 0.05) is 26.2 Å². The molecule has 1 aromatic heterocycles. The van der Waals surface area contributed by atoms with Gasteiger partial charge in [-0.15, -0.1) is 0 Å². The molecule has 1 saturated heterocycles. The number of piperidine rings is 1. The number of nitrogens with one attached hydrogen (secondary N) is 1. The molecule has 1 aliphatic rings. The van der Waals surface area contributed by atoms with Crippen molar-refractivity contribution < 1.29 is 0 Å². The molecule has 1 N–H and O–H groups in total. The number of hydrogen-bond acceptors (Lipinski definition) is 4. The SMILES string of the molecule is CNc1cc(N2C[C@H](C)C[C@H](C)C2)nc(C)n1. The Morgan fingerprint density at radius 1 is 1.24 bits per heavy atom. The summed E-state index contributed by atoms with van der Waals surface area (Å²) in [5.41, 5.74) is 0. The zero-order chi connectivity index (χ0) is 12.4. The monoisotopic (exact) mass is 234 g/mol. The van der Waals surface area contributed by atoms with Crippen molar-refractivity contribution in [3.8, 4) is 0 Å². The van der Waals surface area contributed by atoms with Crippen molar-refractivity contribution in [2.45, 2.75) is 27.2 Å². The summed E-state index contributed by atoms with van der Waals surface area (Å²) < 4.78 is 0. The first kappa shape index (κ1) is 12.1. The lowest BCUT2D eigenvalue weighted by Gasteiger charge is -2.35. The van der Waals surface area contributed by atoms with Crippen LogP contribution >= 0.6 is 0 Å². The smallest absolute Gasteiger partial charge is 0.134 e. The highest BCUT2D eigenvalue weighted by molar-refractivity contribution is 5.49. The summed E-state index contributed by atoms with van der Waals surface area (Å²) in [7, 11) is 1.90. The first-order valence-corrected chi connectivity index (χ1v) is 6.37. The zero-order valence-electron chi connectivity index (χ0n) is 11.2. The molecule has 2 atom stereocenters. The van der Waals surface area contributed by atoms with Crippen LogP contribution in [0.25, 0.3) is 0 Å². The van der Waals surface area contributed by atoms with Crippen LogP contribution in [-0.2, 0) is 0 Å². The number of aryl methyl sites for hydroxylation is 1. The quantitative estimate of drug-likeness (QED) is 0.852. The van der Waals surface area contributed by atoms with Gasteiger partial charge in [-0.05, 0) is 25.2 Å². The molecule has 0 aromatic carbocycles. The van der Waals surface area contributed by atoms with Crippen LogP contribution in [-0.4, -0.2) is 30.1 Å². The highest BCUT2D eigenvalue weighted by atomic mass is 15.2. The molecule has 0 spiro atoms. The molecule has 0 radical (unpaired) electrons. The van der Waals surface area contributed by atoms with Gasteiger partial charge in [-0.3, -0.25) is 0 Å². The van der Waals surface area contributed by atoms with E-state index in [1.165, 1.54) is 6.42 Å². The van der Waals surface area contributed by atoms with Gasteiger partial charge in [0.15, 0.2) is 0 Å². The van der Waals surface area contributed by atoms with Crippen molar-refractivity contribution in [3.63, 3.8) is 0 Å². The fourth-order valence-electron chi connectivity index (χ4n) is 2.69. The summed E-state index contributed by atoms with van der Waals surface area (Å²) in [5.74, 6) is 4.27. The lowest BCUT2D eigenvalue weighted by Crippen LogP contribution is -2.39. The summed E-state index contributed by atoms with van der Waals surface area (Å²) in [6.45, 7) is 8.78. The van der Waals surface area contributed by atoms with Crippen LogP contribution in [0, 0.1) is 18.8 Å². The lowest BCUT2D eigenvalue weighted by atomic mass is 9.92. The maximum Gasteiger partial charge on any atom is 0.134 e. The maximum atomic E-state index is 4.55. The molecule has 0 unspecified atom stereocenters. The highest BCUT2D eigenvalue weighted by Crippen LogP contribution is 2.26. The summed E-state index contributed by atoms with van der Waals surface area (Å²) in [5, 5.41) is 3.09. The van der Waals surface area contributed by atoms with Crippen molar-refractivity contribution in [3.05, 3.63) is 11.9 Å². The highest BCUT2D eigenvalue weighted by Gasteiger charge is 2.23. The van der Waals surface area contributed by atoms with E-state index in [-0.39, 0.29) is 0 Å². The third-order valence-corrected chi connectivity index (χ3v) is 3.27. The minimum Gasteiger partial charge on any atom is -0.373 e. The van der Waals surface area contributed by atoms with Crippen molar-refractivity contribution in [2.75, 3.05) is 30.4 Å². The van der Waals surface area contributed by atoms with E-state index in [1.807, 2.05) is 20.0 Å². The second kappa shape index (κ2) is 4.90. The third-order valence-electron chi connectivity index (χ3n) is 3.27. The standard InChI is InChI=1S/C13H22N4/c1-9-5-10(2)8-17(7-9)13-6-12(14-4)15-11(3)16-13/h6,9-10H,5,7-8H2,1-4H3,(H,14,15,16)/t9-,10+. The van der Waals surface area contributed by atoms with Gasteiger partial charge in [0.05, 0.1) is 0 Å². The van der Waals surface area contributed by atoms with Crippen LogP contribution in [0.5, 0.6) is 0 Å². The molecule has 1 fully saturated rings. The van der Waals surface area contributed by atoms with Gasteiger partial charge in [-0.1, -0.05) is 13.8 Å². The topological polar surface area (TPSA) is 41.0 Å². The first-order chi connectivity index (χ1) is 8.08. The van der Waals surface area contributed by atoms with E-state index < -0.39 is 0 Å². The van der Waals surface area contributed by atoms with Gasteiger partial charge in [0.1, 0.15) is 17.5 Å². The molecular formula is C13H22N4. The number of aromatic nitrogens is 2. The molecule has 0 saturated carbocycles. The fraction of sp³-hybridized carbons (Fsp3) is 0.692. The number of anilines is 2. The van der Waals surface area contributed by atoms with E-state index in [0.717, 1.165) is 42.4 Å². The molecule has 1 aliphatic heterocycles. The predicted molar refractivity (Wildman–Crippen MR) is 71.5 cm³/mol. The Labute approximate surface area is 103 Å². The Kier molecular flexibility index (Phi) is 3.50. The second-order valence-corrected chi connectivity index (χ2v) is 5.26. The summed E-state index contributed by atoms with van der Waals surface area (Å²) in [6.07, 6.45) is 1.32. The molecular weight excluding hydrogens is 212 g/mol. The average molecular weight is 234 g/mol. The van der Waals surface area contributed by atoms with Gasteiger partial charge in [-0.25, -0.2) is 9.97 Å². The molecule has 4 nitrogen and oxygen atoms in total. The average Bonchev–Trinajstić information content (AvgIpc) is 2.26. The van der Waals surface area contributed by atoms with Crippen molar-refractivity contribution in [1.82, 2.24) is 9.97 Å². The maximum absolute atomic E-state index is 4.55. The van der Waals surface area contributed by atoms with Gasteiger partial charge in [-0.2, -0.15) is 0 Å². The van der Waals surface area contributed by atoms with Crippen LogP contribution in [0.2, 0.25) is 0 Å². The van der Waals surface area contributed by atoms with E-state index in [2.05, 4.69) is 34.0 Å². The van der Waals surface area contributed by atoms with Crippen molar-refractivity contribution >= 4 is 11.6 Å². The van der Waals surface area contributed by atoms with Gasteiger partial charge < -0.3 is 10.2 Å². The zero-order valence-corrected chi connectivity index (χ0v) is 11.2. The largest absolute Gasteiger partial charge is 0.373 e. The Morgan fingerprint density at radius 3 is 2.47 bits per heavy atom. The van der Waals surface area contributed by atoms with E-state index >= 15 is 0 Å². The minimum absolute atomic E-state index is 0.743. The summed E-state index contributed by atoms with van der Waals surface area (Å²) >= 11 is 0. The van der Waals surface area contributed by atoms with Crippen LogP contribution in [0.1, 0.15) is 26.1 Å². The lowest BCUT2D eigenvalue weighted by molar-refractivity contribution is 0.355. The third kappa shape index (κ3) is 2.87.